The lowest BCUT2D eigenvalue weighted by Crippen LogP contribution is -2.38. The molecule has 1 atom stereocenters. The van der Waals surface area contributed by atoms with Crippen molar-refractivity contribution < 1.29 is 9.59 Å². The normalized spacial score (nSPS) is 17.0. The molecule has 2 N–H and O–H groups in total. The number of carbonyl (C=O) groups is 2. The van der Waals surface area contributed by atoms with E-state index in [4.69, 9.17) is 0 Å². The lowest BCUT2D eigenvalue weighted by atomic mass is 10.1. The van der Waals surface area contributed by atoms with Gasteiger partial charge in [0.15, 0.2) is 0 Å². The molecule has 0 spiro atoms. The number of benzene rings is 1. The molecule has 5 nitrogen and oxygen atoms in total. The molecule has 0 bridgehead atoms. The van der Waals surface area contributed by atoms with E-state index in [-0.39, 0.29) is 36.2 Å². The van der Waals surface area contributed by atoms with E-state index in [1.54, 1.807) is 29.2 Å². The van der Waals surface area contributed by atoms with Gasteiger partial charge in [-0.3, -0.25) is 9.59 Å². The number of hydrogen-bond acceptors (Lipinski definition) is 3. The fourth-order valence-corrected chi connectivity index (χ4v) is 2.32. The topological polar surface area (TPSA) is 61.4 Å². The fourth-order valence-electron chi connectivity index (χ4n) is 2.32. The first kappa shape index (κ1) is 18.5. The summed E-state index contributed by atoms with van der Waals surface area (Å²) in [5.41, 5.74) is 1.36. The Morgan fingerprint density at radius 3 is 2.41 bits per heavy atom. The van der Waals surface area contributed by atoms with Gasteiger partial charge in [-0.2, -0.15) is 0 Å². The lowest BCUT2D eigenvalue weighted by Gasteiger charge is -2.23. The van der Waals surface area contributed by atoms with Crippen LogP contribution in [0.2, 0.25) is 0 Å². The van der Waals surface area contributed by atoms with Crippen molar-refractivity contribution in [3.05, 3.63) is 29.8 Å². The van der Waals surface area contributed by atoms with Gasteiger partial charge in [0.25, 0.3) is 5.91 Å². The molecule has 0 radical (unpaired) electrons. The van der Waals surface area contributed by atoms with Gasteiger partial charge in [0.2, 0.25) is 5.91 Å². The first-order valence-corrected chi connectivity index (χ1v) is 7.38. The largest absolute Gasteiger partial charge is 0.337 e. The second-order valence-electron chi connectivity index (χ2n) is 5.78. The Morgan fingerprint density at radius 2 is 1.91 bits per heavy atom. The van der Waals surface area contributed by atoms with Crippen molar-refractivity contribution in [3.8, 4) is 0 Å². The Hall–Kier alpha value is -1.59. The predicted molar refractivity (Wildman–Crippen MR) is 90.5 cm³/mol. The summed E-state index contributed by atoms with van der Waals surface area (Å²) >= 11 is 0. The molecule has 1 aliphatic heterocycles. The maximum absolute atomic E-state index is 12.4. The number of hydrogen-bond donors (Lipinski definition) is 2. The third-order valence-corrected chi connectivity index (χ3v) is 3.83. The van der Waals surface area contributed by atoms with E-state index >= 15 is 0 Å². The van der Waals surface area contributed by atoms with E-state index in [9.17, 15) is 9.59 Å². The van der Waals surface area contributed by atoms with E-state index in [1.807, 2.05) is 20.9 Å². The summed E-state index contributed by atoms with van der Waals surface area (Å²) in [6.07, 6.45) is 0.991. The minimum Gasteiger partial charge on any atom is -0.337 e. The summed E-state index contributed by atoms with van der Waals surface area (Å²) in [5, 5.41) is 6.08. The van der Waals surface area contributed by atoms with Crippen LogP contribution in [-0.2, 0) is 4.79 Å². The standard InChI is InChI=1S/C16H23N3O2.ClH/c1-11(2)15(20)18-13-6-4-12(5-7-13)16(21)19(3)14-8-9-17-10-14;/h4-7,11,14,17H,8-10H2,1-3H3,(H,18,20);1H. The fraction of sp³-hybridized carbons (Fsp3) is 0.500. The summed E-state index contributed by atoms with van der Waals surface area (Å²) in [6, 6.07) is 7.33. The SMILES string of the molecule is CC(C)C(=O)Nc1ccc(C(=O)N(C)C2CCNC2)cc1.Cl. The second kappa shape index (κ2) is 8.15. The van der Waals surface area contributed by atoms with E-state index in [2.05, 4.69) is 10.6 Å². The Labute approximate surface area is 137 Å². The molecule has 1 fully saturated rings. The Bertz CT molecular complexity index is 511. The molecule has 1 aromatic rings. The Balaban J connectivity index is 0.00000242. The van der Waals surface area contributed by atoms with Gasteiger partial charge < -0.3 is 15.5 Å². The maximum atomic E-state index is 12.4. The number of carbonyl (C=O) groups excluding carboxylic acids is 2. The highest BCUT2D eigenvalue weighted by molar-refractivity contribution is 5.96. The molecular formula is C16H24ClN3O2. The molecule has 1 aromatic carbocycles. The number of nitrogens with zero attached hydrogens (tertiary/aromatic N) is 1. The highest BCUT2D eigenvalue weighted by Crippen LogP contribution is 2.15. The number of anilines is 1. The molecule has 2 rings (SSSR count). The first-order chi connectivity index (χ1) is 9.99. The summed E-state index contributed by atoms with van der Waals surface area (Å²) < 4.78 is 0. The first-order valence-electron chi connectivity index (χ1n) is 7.38. The molecule has 1 unspecified atom stereocenters. The smallest absolute Gasteiger partial charge is 0.253 e. The molecule has 0 saturated carbocycles. The molecule has 2 amide bonds. The van der Waals surface area contributed by atoms with Crippen LogP contribution in [0, 0.1) is 5.92 Å². The van der Waals surface area contributed by atoms with Gasteiger partial charge in [0.1, 0.15) is 0 Å². The van der Waals surface area contributed by atoms with Crippen molar-refractivity contribution in [3.63, 3.8) is 0 Å². The van der Waals surface area contributed by atoms with Crippen molar-refractivity contribution in [2.45, 2.75) is 26.3 Å². The number of nitrogens with one attached hydrogen (secondary N) is 2. The Morgan fingerprint density at radius 1 is 1.27 bits per heavy atom. The van der Waals surface area contributed by atoms with Gasteiger partial charge in [0.05, 0.1) is 0 Å². The average molecular weight is 326 g/mol. The Kier molecular flexibility index (Phi) is 6.84. The van der Waals surface area contributed by atoms with Crippen LogP contribution in [0.3, 0.4) is 0 Å². The third kappa shape index (κ3) is 4.45. The maximum Gasteiger partial charge on any atom is 0.253 e. The van der Waals surface area contributed by atoms with Gasteiger partial charge in [-0.1, -0.05) is 13.8 Å². The van der Waals surface area contributed by atoms with Crippen LogP contribution in [0.4, 0.5) is 5.69 Å². The van der Waals surface area contributed by atoms with E-state index < -0.39 is 0 Å². The van der Waals surface area contributed by atoms with Crippen LogP contribution in [-0.4, -0.2) is 42.9 Å². The van der Waals surface area contributed by atoms with E-state index in [0.29, 0.717) is 5.56 Å². The zero-order valence-electron chi connectivity index (χ0n) is 13.3. The molecule has 0 aliphatic carbocycles. The van der Waals surface area contributed by atoms with Gasteiger partial charge in [-0.05, 0) is 37.2 Å². The molecule has 0 aromatic heterocycles. The lowest BCUT2D eigenvalue weighted by molar-refractivity contribution is -0.118. The molecule has 1 aliphatic rings. The summed E-state index contributed by atoms with van der Waals surface area (Å²) in [5.74, 6) is -0.0685. The summed E-state index contributed by atoms with van der Waals surface area (Å²) in [4.78, 5) is 25.8. The van der Waals surface area contributed by atoms with E-state index in [0.717, 1.165) is 25.2 Å². The molecule has 1 saturated heterocycles. The summed E-state index contributed by atoms with van der Waals surface area (Å²) in [6.45, 7) is 5.50. The number of amides is 2. The van der Waals surface area contributed by atoms with Crippen LogP contribution < -0.4 is 10.6 Å². The molecule has 1 heterocycles. The van der Waals surface area contributed by atoms with Crippen molar-refractivity contribution in [2.24, 2.45) is 5.92 Å². The second-order valence-corrected chi connectivity index (χ2v) is 5.78. The monoisotopic (exact) mass is 325 g/mol. The van der Waals surface area contributed by atoms with Gasteiger partial charge in [-0.25, -0.2) is 0 Å². The van der Waals surface area contributed by atoms with Crippen molar-refractivity contribution in [1.29, 1.82) is 0 Å². The third-order valence-electron chi connectivity index (χ3n) is 3.83. The van der Waals surface area contributed by atoms with Gasteiger partial charge in [-0.15, -0.1) is 12.4 Å². The van der Waals surface area contributed by atoms with Crippen LogP contribution in [0.5, 0.6) is 0 Å². The highest BCUT2D eigenvalue weighted by Gasteiger charge is 2.23. The molecule has 6 heteroatoms. The van der Waals surface area contributed by atoms with Crippen LogP contribution in [0.25, 0.3) is 0 Å². The van der Waals surface area contributed by atoms with Gasteiger partial charge in [0, 0.05) is 36.8 Å². The summed E-state index contributed by atoms with van der Waals surface area (Å²) in [7, 11) is 1.84. The van der Waals surface area contributed by atoms with Crippen LogP contribution >= 0.6 is 12.4 Å². The van der Waals surface area contributed by atoms with E-state index in [1.165, 1.54) is 0 Å². The zero-order chi connectivity index (χ0) is 15.4. The van der Waals surface area contributed by atoms with Crippen molar-refractivity contribution in [1.82, 2.24) is 10.2 Å². The van der Waals surface area contributed by atoms with Gasteiger partial charge >= 0.3 is 0 Å². The minimum absolute atomic E-state index is 0. The molecule has 22 heavy (non-hydrogen) atoms. The zero-order valence-corrected chi connectivity index (χ0v) is 14.1. The minimum atomic E-state index is -0.0627. The quantitative estimate of drug-likeness (QED) is 0.891. The predicted octanol–water partition coefficient (Wildman–Crippen LogP) is 2.14. The van der Waals surface area contributed by atoms with Crippen molar-refractivity contribution >= 4 is 29.9 Å². The van der Waals surface area contributed by atoms with Crippen LogP contribution in [0.1, 0.15) is 30.6 Å². The van der Waals surface area contributed by atoms with Crippen LogP contribution in [0.15, 0.2) is 24.3 Å². The molecular weight excluding hydrogens is 302 g/mol. The number of rotatable bonds is 4. The van der Waals surface area contributed by atoms with Crippen molar-refractivity contribution in [2.75, 3.05) is 25.5 Å². The number of halogens is 1. The highest BCUT2D eigenvalue weighted by atomic mass is 35.5. The average Bonchev–Trinajstić information content (AvgIpc) is 3.00. The molecule has 122 valence electrons. The number of likely N-dealkylation sites (N-methyl/N-ethyl adjacent to an activating group) is 1.